The largest absolute Gasteiger partial charge is 0.507 e. The van der Waals surface area contributed by atoms with Crippen molar-refractivity contribution >= 4 is 23.6 Å². The summed E-state index contributed by atoms with van der Waals surface area (Å²) in [6, 6.07) is 8.95. The Labute approximate surface area is 144 Å². The third-order valence-corrected chi connectivity index (χ3v) is 3.35. The molecule has 0 spiro atoms. The van der Waals surface area contributed by atoms with Gasteiger partial charge in [0.05, 0.1) is 14.2 Å². The van der Waals surface area contributed by atoms with Crippen LogP contribution in [0.5, 0.6) is 17.2 Å². The van der Waals surface area contributed by atoms with Gasteiger partial charge in [-0.05, 0) is 42.5 Å². The van der Waals surface area contributed by atoms with Crippen LogP contribution < -0.4 is 14.8 Å². The highest BCUT2D eigenvalue weighted by molar-refractivity contribution is 6.03. The number of phenols is 1. The van der Waals surface area contributed by atoms with Crippen molar-refractivity contribution in [1.29, 1.82) is 0 Å². The standard InChI is InChI=1S/C18H17NO6/c1-24-13-5-7-16(25-2)11(9-13)3-8-17(21)19-12-4-6-15(20)14(10-12)18(22)23/h3-10,20H,1-2H3,(H,19,21)(H,22,23)/b8-3+. The maximum absolute atomic E-state index is 12.0. The van der Waals surface area contributed by atoms with E-state index >= 15 is 0 Å². The Kier molecular flexibility index (Phi) is 5.62. The Hall–Kier alpha value is -3.48. The quantitative estimate of drug-likeness (QED) is 0.550. The summed E-state index contributed by atoms with van der Waals surface area (Å²) in [6.45, 7) is 0. The molecule has 0 bridgehead atoms. The van der Waals surface area contributed by atoms with Crippen LogP contribution in [-0.4, -0.2) is 36.3 Å². The molecule has 1 amide bonds. The summed E-state index contributed by atoms with van der Waals surface area (Å²) in [4.78, 5) is 23.0. The lowest BCUT2D eigenvalue weighted by atomic mass is 10.1. The number of ether oxygens (including phenoxy) is 2. The molecule has 0 heterocycles. The second-order valence-electron chi connectivity index (χ2n) is 4.97. The van der Waals surface area contributed by atoms with Gasteiger partial charge in [0.1, 0.15) is 22.8 Å². The fourth-order valence-corrected chi connectivity index (χ4v) is 2.10. The summed E-state index contributed by atoms with van der Waals surface area (Å²) in [7, 11) is 3.05. The van der Waals surface area contributed by atoms with Crippen LogP contribution in [0, 0.1) is 0 Å². The summed E-state index contributed by atoms with van der Waals surface area (Å²) in [5.41, 5.74) is 0.604. The summed E-state index contributed by atoms with van der Waals surface area (Å²) >= 11 is 0. The van der Waals surface area contributed by atoms with E-state index in [0.29, 0.717) is 17.1 Å². The molecule has 2 aromatic rings. The van der Waals surface area contributed by atoms with E-state index in [1.165, 1.54) is 38.5 Å². The van der Waals surface area contributed by atoms with E-state index in [9.17, 15) is 14.7 Å². The lowest BCUT2D eigenvalue weighted by Gasteiger charge is -2.07. The van der Waals surface area contributed by atoms with Crippen LogP contribution in [0.1, 0.15) is 15.9 Å². The van der Waals surface area contributed by atoms with E-state index < -0.39 is 11.9 Å². The lowest BCUT2D eigenvalue weighted by Crippen LogP contribution is -2.09. The molecule has 0 aliphatic heterocycles. The third kappa shape index (κ3) is 4.51. The van der Waals surface area contributed by atoms with E-state index in [1.54, 1.807) is 24.3 Å². The number of amides is 1. The number of aromatic carboxylic acids is 1. The molecule has 0 atom stereocenters. The molecule has 0 unspecified atom stereocenters. The van der Waals surface area contributed by atoms with Crippen molar-refractivity contribution in [2.45, 2.75) is 0 Å². The molecule has 0 saturated heterocycles. The van der Waals surface area contributed by atoms with Crippen molar-refractivity contribution in [2.24, 2.45) is 0 Å². The number of anilines is 1. The number of carbonyl (C=O) groups excluding carboxylic acids is 1. The molecule has 7 heteroatoms. The first-order valence-corrected chi connectivity index (χ1v) is 7.22. The lowest BCUT2D eigenvalue weighted by molar-refractivity contribution is -0.111. The number of hydrogen-bond acceptors (Lipinski definition) is 5. The molecule has 0 radical (unpaired) electrons. The van der Waals surface area contributed by atoms with Crippen molar-refractivity contribution < 1.29 is 29.3 Å². The highest BCUT2D eigenvalue weighted by Crippen LogP contribution is 2.25. The first-order chi connectivity index (χ1) is 11.9. The van der Waals surface area contributed by atoms with Crippen LogP contribution in [0.3, 0.4) is 0 Å². The second kappa shape index (κ2) is 7.87. The zero-order valence-electron chi connectivity index (χ0n) is 13.6. The van der Waals surface area contributed by atoms with E-state index in [4.69, 9.17) is 14.6 Å². The van der Waals surface area contributed by atoms with Crippen LogP contribution in [0.4, 0.5) is 5.69 Å². The molecule has 2 aromatic carbocycles. The van der Waals surface area contributed by atoms with Gasteiger partial charge in [-0.1, -0.05) is 0 Å². The number of rotatable bonds is 6. The van der Waals surface area contributed by atoms with Crippen molar-refractivity contribution in [1.82, 2.24) is 0 Å². The minimum atomic E-state index is -1.29. The van der Waals surface area contributed by atoms with E-state index in [-0.39, 0.29) is 17.0 Å². The fourth-order valence-electron chi connectivity index (χ4n) is 2.10. The molecular weight excluding hydrogens is 326 g/mol. The maximum atomic E-state index is 12.0. The monoisotopic (exact) mass is 343 g/mol. The van der Waals surface area contributed by atoms with Crippen LogP contribution in [0.15, 0.2) is 42.5 Å². The number of carboxylic acids is 1. The first kappa shape index (κ1) is 17.9. The van der Waals surface area contributed by atoms with Gasteiger partial charge in [0.25, 0.3) is 0 Å². The van der Waals surface area contributed by atoms with Crippen LogP contribution in [0.2, 0.25) is 0 Å². The Morgan fingerprint density at radius 1 is 1.08 bits per heavy atom. The molecule has 0 saturated carbocycles. The zero-order valence-corrected chi connectivity index (χ0v) is 13.6. The zero-order chi connectivity index (χ0) is 18.4. The number of benzene rings is 2. The highest BCUT2D eigenvalue weighted by atomic mass is 16.5. The summed E-state index contributed by atoms with van der Waals surface area (Å²) in [5.74, 6) is -0.938. The molecule has 7 nitrogen and oxygen atoms in total. The molecular formula is C18H17NO6. The average molecular weight is 343 g/mol. The number of carboxylic acid groups (broad SMARTS) is 1. The number of nitrogens with one attached hydrogen (secondary N) is 1. The minimum Gasteiger partial charge on any atom is -0.507 e. The van der Waals surface area contributed by atoms with Crippen LogP contribution >= 0.6 is 0 Å². The van der Waals surface area contributed by atoms with Gasteiger partial charge in [0, 0.05) is 17.3 Å². The van der Waals surface area contributed by atoms with E-state index in [2.05, 4.69) is 5.32 Å². The molecule has 3 N–H and O–H groups in total. The summed E-state index contributed by atoms with van der Waals surface area (Å²) < 4.78 is 10.4. The van der Waals surface area contributed by atoms with E-state index in [1.807, 2.05) is 0 Å². The highest BCUT2D eigenvalue weighted by Gasteiger charge is 2.11. The van der Waals surface area contributed by atoms with Gasteiger partial charge in [-0.3, -0.25) is 4.79 Å². The van der Waals surface area contributed by atoms with Gasteiger partial charge in [0.2, 0.25) is 5.91 Å². The second-order valence-corrected chi connectivity index (χ2v) is 4.97. The van der Waals surface area contributed by atoms with Gasteiger partial charge < -0.3 is 25.0 Å². The molecule has 0 aliphatic carbocycles. The summed E-state index contributed by atoms with van der Waals surface area (Å²) in [6.07, 6.45) is 2.83. The minimum absolute atomic E-state index is 0.252. The van der Waals surface area contributed by atoms with Gasteiger partial charge in [0.15, 0.2) is 0 Å². The maximum Gasteiger partial charge on any atom is 0.339 e. The Morgan fingerprint density at radius 3 is 2.48 bits per heavy atom. The van der Waals surface area contributed by atoms with Crippen LogP contribution in [0.25, 0.3) is 6.08 Å². The van der Waals surface area contributed by atoms with Gasteiger partial charge >= 0.3 is 5.97 Å². The van der Waals surface area contributed by atoms with E-state index in [0.717, 1.165) is 0 Å². The number of carbonyl (C=O) groups is 2. The summed E-state index contributed by atoms with van der Waals surface area (Å²) in [5, 5.41) is 21.0. The van der Waals surface area contributed by atoms with Crippen molar-refractivity contribution in [2.75, 3.05) is 19.5 Å². The average Bonchev–Trinajstić information content (AvgIpc) is 2.61. The molecule has 0 fully saturated rings. The van der Waals surface area contributed by atoms with Crippen molar-refractivity contribution in [3.8, 4) is 17.2 Å². The molecule has 130 valence electrons. The topological polar surface area (TPSA) is 105 Å². The predicted molar refractivity (Wildman–Crippen MR) is 92.3 cm³/mol. The fraction of sp³-hybridized carbons (Fsp3) is 0.111. The Bertz CT molecular complexity index is 828. The van der Waals surface area contributed by atoms with Gasteiger partial charge in [-0.25, -0.2) is 4.79 Å². The third-order valence-electron chi connectivity index (χ3n) is 3.35. The molecule has 0 aromatic heterocycles. The predicted octanol–water partition coefficient (Wildman–Crippen LogP) is 2.76. The first-order valence-electron chi connectivity index (χ1n) is 7.22. The Balaban J connectivity index is 2.16. The van der Waals surface area contributed by atoms with Gasteiger partial charge in [-0.2, -0.15) is 0 Å². The number of aromatic hydroxyl groups is 1. The van der Waals surface area contributed by atoms with Crippen molar-refractivity contribution in [3.05, 3.63) is 53.6 Å². The van der Waals surface area contributed by atoms with Crippen molar-refractivity contribution in [3.63, 3.8) is 0 Å². The van der Waals surface area contributed by atoms with Gasteiger partial charge in [-0.15, -0.1) is 0 Å². The number of methoxy groups -OCH3 is 2. The molecule has 2 rings (SSSR count). The number of hydrogen-bond donors (Lipinski definition) is 3. The van der Waals surface area contributed by atoms with Crippen LogP contribution in [-0.2, 0) is 4.79 Å². The SMILES string of the molecule is COc1ccc(OC)c(/C=C/C(=O)Nc2ccc(O)c(C(=O)O)c2)c1. The molecule has 0 aliphatic rings. The molecule has 25 heavy (non-hydrogen) atoms. The normalized spacial score (nSPS) is 10.5. The Morgan fingerprint density at radius 2 is 1.84 bits per heavy atom. The smallest absolute Gasteiger partial charge is 0.339 e.